The Morgan fingerprint density at radius 2 is 2.12 bits per heavy atom. The Morgan fingerprint density at radius 3 is 2.84 bits per heavy atom. The topological polar surface area (TPSA) is 79.2 Å². The van der Waals surface area contributed by atoms with Gasteiger partial charge in [0.05, 0.1) is 23.7 Å². The summed E-state index contributed by atoms with van der Waals surface area (Å²) < 4.78 is 5.28. The van der Waals surface area contributed by atoms with Crippen molar-refractivity contribution in [3.05, 3.63) is 76.5 Å². The third kappa shape index (κ3) is 2.87. The zero-order valence-corrected chi connectivity index (χ0v) is 13.5. The molecule has 1 fully saturated rings. The second kappa shape index (κ2) is 6.39. The number of likely N-dealkylation sites (tertiary alicyclic amines) is 1. The van der Waals surface area contributed by atoms with Crippen molar-refractivity contribution in [3.63, 3.8) is 0 Å². The molecule has 1 aliphatic heterocycles. The first-order chi connectivity index (χ1) is 12.2. The van der Waals surface area contributed by atoms with Crippen LogP contribution in [-0.2, 0) is 0 Å². The van der Waals surface area contributed by atoms with Crippen LogP contribution in [0.3, 0.4) is 0 Å². The van der Waals surface area contributed by atoms with Crippen LogP contribution in [0.1, 0.15) is 34.9 Å². The van der Waals surface area contributed by atoms with Crippen molar-refractivity contribution in [2.75, 3.05) is 6.54 Å². The lowest BCUT2D eigenvalue weighted by Gasteiger charge is -2.24. The molecule has 0 radical (unpaired) electrons. The highest BCUT2D eigenvalue weighted by Gasteiger charge is 2.32. The first-order valence-corrected chi connectivity index (χ1v) is 8.23. The van der Waals surface area contributed by atoms with Crippen molar-refractivity contribution in [2.45, 2.75) is 18.9 Å². The van der Waals surface area contributed by atoms with Crippen molar-refractivity contribution in [2.24, 2.45) is 0 Å². The largest absolute Gasteiger partial charge is 0.463 e. The molecule has 6 nitrogen and oxygen atoms in total. The molecule has 1 atom stereocenters. The number of amides is 1. The number of nitrogens with one attached hydrogen (secondary N) is 1. The van der Waals surface area contributed by atoms with Crippen LogP contribution in [0.4, 0.5) is 0 Å². The molecular weight excluding hydrogens is 318 g/mol. The zero-order chi connectivity index (χ0) is 17.2. The summed E-state index contributed by atoms with van der Waals surface area (Å²) in [5.74, 6) is 0.295. The lowest BCUT2D eigenvalue weighted by atomic mass is 10.1. The van der Waals surface area contributed by atoms with Gasteiger partial charge in [0.25, 0.3) is 11.5 Å². The first-order valence-electron chi connectivity index (χ1n) is 8.23. The van der Waals surface area contributed by atoms with Crippen molar-refractivity contribution in [3.8, 4) is 11.5 Å². The molecule has 0 bridgehead atoms. The van der Waals surface area contributed by atoms with Crippen molar-refractivity contribution in [1.29, 1.82) is 0 Å². The molecule has 126 valence electrons. The van der Waals surface area contributed by atoms with Gasteiger partial charge in [-0.1, -0.05) is 6.07 Å². The van der Waals surface area contributed by atoms with Crippen molar-refractivity contribution < 1.29 is 9.21 Å². The number of hydrogen-bond acceptors (Lipinski definition) is 4. The molecule has 1 aliphatic rings. The third-order valence-electron chi connectivity index (χ3n) is 4.47. The Labute approximate surface area is 144 Å². The molecule has 0 unspecified atom stereocenters. The summed E-state index contributed by atoms with van der Waals surface area (Å²) in [6.45, 7) is 0.624. The summed E-state index contributed by atoms with van der Waals surface area (Å²) >= 11 is 0. The summed E-state index contributed by atoms with van der Waals surface area (Å²) in [5.41, 5.74) is 1.13. The fourth-order valence-electron chi connectivity index (χ4n) is 3.26. The minimum atomic E-state index is -0.412. The number of carbonyl (C=O) groups is 1. The van der Waals surface area contributed by atoms with Crippen LogP contribution in [0.15, 0.2) is 64.1 Å². The van der Waals surface area contributed by atoms with Gasteiger partial charge < -0.3 is 14.3 Å². The van der Waals surface area contributed by atoms with E-state index in [0.717, 1.165) is 18.5 Å². The first kappa shape index (κ1) is 15.4. The van der Waals surface area contributed by atoms with Gasteiger partial charge in [0.15, 0.2) is 0 Å². The SMILES string of the molecule is O=C(c1ccc(-c2ccco2)[nH]c1=O)N1CCC[C@@H]1c1ccccn1. The van der Waals surface area contributed by atoms with Gasteiger partial charge in [-0.3, -0.25) is 14.6 Å². The molecule has 6 heteroatoms. The number of furan rings is 1. The normalized spacial score (nSPS) is 17.0. The number of hydrogen-bond donors (Lipinski definition) is 1. The number of carbonyl (C=O) groups excluding carboxylic acids is 1. The van der Waals surface area contributed by atoms with Gasteiger partial charge in [0.2, 0.25) is 0 Å². The molecule has 4 rings (SSSR count). The van der Waals surface area contributed by atoms with E-state index in [9.17, 15) is 9.59 Å². The highest BCUT2D eigenvalue weighted by molar-refractivity contribution is 5.94. The molecule has 0 aromatic carbocycles. The van der Waals surface area contributed by atoms with Crippen LogP contribution in [0, 0.1) is 0 Å². The molecule has 25 heavy (non-hydrogen) atoms. The summed E-state index contributed by atoms with van der Waals surface area (Å²) in [6.07, 6.45) is 5.01. The second-order valence-corrected chi connectivity index (χ2v) is 6.00. The standard InChI is InChI=1S/C19H17N3O3/c23-18-13(8-9-15(21-18)17-7-4-12-25-17)19(24)22-11-3-6-16(22)14-5-1-2-10-20-14/h1-2,4-5,7-10,12,16H,3,6,11H2,(H,21,23)/t16-/m1/s1. The third-order valence-corrected chi connectivity index (χ3v) is 4.47. The Balaban J connectivity index is 1.63. The average Bonchev–Trinajstić information content (AvgIpc) is 3.33. The number of H-pyrrole nitrogens is 1. The number of pyridine rings is 2. The highest BCUT2D eigenvalue weighted by atomic mass is 16.3. The van der Waals surface area contributed by atoms with Crippen LogP contribution in [0.5, 0.6) is 0 Å². The summed E-state index contributed by atoms with van der Waals surface area (Å²) in [4.78, 5) is 34.1. The van der Waals surface area contributed by atoms with E-state index in [1.54, 1.807) is 35.4 Å². The van der Waals surface area contributed by atoms with Crippen molar-refractivity contribution >= 4 is 5.91 Å². The average molecular weight is 335 g/mol. The predicted octanol–water partition coefficient (Wildman–Crippen LogP) is 3.01. The van der Waals surface area contributed by atoms with Crippen LogP contribution < -0.4 is 5.56 Å². The molecule has 1 amide bonds. The summed E-state index contributed by atoms with van der Waals surface area (Å²) in [6, 6.07) is 12.3. The van der Waals surface area contributed by atoms with Crippen molar-refractivity contribution in [1.82, 2.24) is 14.9 Å². The molecule has 0 saturated carbocycles. The quantitative estimate of drug-likeness (QED) is 0.798. The Kier molecular flexibility index (Phi) is 3.93. The van der Waals surface area contributed by atoms with Crippen LogP contribution >= 0.6 is 0 Å². The number of nitrogens with zero attached hydrogens (tertiary/aromatic N) is 2. The molecule has 0 aliphatic carbocycles. The van der Waals surface area contributed by atoms with E-state index in [-0.39, 0.29) is 17.5 Å². The Morgan fingerprint density at radius 1 is 1.20 bits per heavy atom. The maximum Gasteiger partial charge on any atom is 0.261 e. The molecule has 1 N–H and O–H groups in total. The molecule has 3 aromatic rings. The van der Waals surface area contributed by atoms with Gasteiger partial charge in [-0.05, 0) is 49.2 Å². The van der Waals surface area contributed by atoms with E-state index >= 15 is 0 Å². The molecule has 0 spiro atoms. The molecule has 4 heterocycles. The monoisotopic (exact) mass is 335 g/mol. The van der Waals surface area contributed by atoms with E-state index in [2.05, 4.69) is 9.97 Å². The Hall–Kier alpha value is -3.15. The highest BCUT2D eigenvalue weighted by Crippen LogP contribution is 2.31. The van der Waals surface area contributed by atoms with Gasteiger partial charge in [0.1, 0.15) is 11.3 Å². The van der Waals surface area contributed by atoms with E-state index in [1.165, 1.54) is 6.26 Å². The van der Waals surface area contributed by atoms with Gasteiger partial charge in [-0.15, -0.1) is 0 Å². The van der Waals surface area contributed by atoms with Gasteiger partial charge in [-0.2, -0.15) is 0 Å². The van der Waals surface area contributed by atoms with E-state index in [1.807, 2.05) is 18.2 Å². The fourth-order valence-corrected chi connectivity index (χ4v) is 3.26. The lowest BCUT2D eigenvalue weighted by molar-refractivity contribution is 0.0731. The molecule has 3 aromatic heterocycles. The smallest absolute Gasteiger partial charge is 0.261 e. The fraction of sp³-hybridized carbons (Fsp3) is 0.211. The summed E-state index contributed by atoms with van der Waals surface area (Å²) in [7, 11) is 0. The maximum absolute atomic E-state index is 12.9. The number of aromatic nitrogens is 2. The van der Waals surface area contributed by atoms with Gasteiger partial charge in [-0.25, -0.2) is 0 Å². The predicted molar refractivity (Wildman–Crippen MR) is 92.0 cm³/mol. The second-order valence-electron chi connectivity index (χ2n) is 6.00. The Bertz CT molecular complexity index is 932. The van der Waals surface area contributed by atoms with E-state index in [4.69, 9.17) is 4.42 Å². The lowest BCUT2D eigenvalue weighted by Crippen LogP contribution is -2.34. The minimum absolute atomic E-state index is 0.0853. The van der Waals surface area contributed by atoms with Crippen LogP contribution in [-0.4, -0.2) is 27.3 Å². The molecular formula is C19H17N3O3. The maximum atomic E-state index is 12.9. The number of aromatic amines is 1. The van der Waals surface area contributed by atoms with Gasteiger partial charge >= 0.3 is 0 Å². The summed E-state index contributed by atoms with van der Waals surface area (Å²) in [5, 5.41) is 0. The van der Waals surface area contributed by atoms with Gasteiger partial charge in [0, 0.05) is 12.7 Å². The minimum Gasteiger partial charge on any atom is -0.463 e. The van der Waals surface area contributed by atoms with E-state index < -0.39 is 5.56 Å². The van der Waals surface area contributed by atoms with Crippen LogP contribution in [0.25, 0.3) is 11.5 Å². The number of rotatable bonds is 3. The van der Waals surface area contributed by atoms with E-state index in [0.29, 0.717) is 18.0 Å². The van der Waals surface area contributed by atoms with Crippen LogP contribution in [0.2, 0.25) is 0 Å². The zero-order valence-electron chi connectivity index (χ0n) is 13.5. The molecule has 1 saturated heterocycles.